The molecule has 2 nitrogen and oxygen atoms in total. The lowest BCUT2D eigenvalue weighted by Crippen LogP contribution is -1.99. The molecule has 0 bridgehead atoms. The highest BCUT2D eigenvalue weighted by molar-refractivity contribution is 14.1. The Bertz CT molecular complexity index is 739. The Morgan fingerprint density at radius 1 is 1.05 bits per heavy atom. The third-order valence-corrected chi connectivity index (χ3v) is 3.88. The van der Waals surface area contributed by atoms with Gasteiger partial charge in [0.25, 0.3) is 0 Å². The average molecular weight is 374 g/mol. The summed E-state index contributed by atoms with van der Waals surface area (Å²) < 4.78 is 1.23. The Balaban J connectivity index is 2.23. The van der Waals surface area contributed by atoms with E-state index in [4.69, 9.17) is 4.98 Å². The number of benzene rings is 2. The van der Waals surface area contributed by atoms with Crippen LogP contribution in [0.4, 0.5) is 5.69 Å². The molecule has 0 unspecified atom stereocenters. The van der Waals surface area contributed by atoms with Crippen LogP contribution in [0.15, 0.2) is 54.6 Å². The van der Waals surface area contributed by atoms with Crippen molar-refractivity contribution >= 4 is 39.2 Å². The molecule has 3 heteroatoms. The van der Waals surface area contributed by atoms with E-state index in [-0.39, 0.29) is 0 Å². The fourth-order valence-electron chi connectivity index (χ4n) is 2.29. The van der Waals surface area contributed by atoms with Gasteiger partial charge in [-0.2, -0.15) is 0 Å². The van der Waals surface area contributed by atoms with Crippen molar-refractivity contribution in [1.82, 2.24) is 4.98 Å². The molecule has 0 saturated heterocycles. The van der Waals surface area contributed by atoms with Crippen molar-refractivity contribution in [2.75, 3.05) is 11.9 Å². The van der Waals surface area contributed by atoms with E-state index in [1.165, 1.54) is 8.96 Å². The maximum atomic E-state index is 4.79. The van der Waals surface area contributed by atoms with E-state index >= 15 is 0 Å². The van der Waals surface area contributed by atoms with Crippen LogP contribution in [0.3, 0.4) is 0 Å². The molecule has 1 heterocycles. The predicted octanol–water partition coefficient (Wildman–Crippen LogP) is 4.94. The topological polar surface area (TPSA) is 24.9 Å². The van der Waals surface area contributed by atoms with Crippen LogP contribution in [0.1, 0.15) is 6.92 Å². The number of rotatable bonds is 3. The van der Waals surface area contributed by atoms with E-state index in [1.807, 2.05) is 18.2 Å². The number of halogens is 1. The van der Waals surface area contributed by atoms with Crippen LogP contribution in [0.25, 0.3) is 22.2 Å². The first kappa shape index (κ1) is 13.4. The standard InChI is InChI=1S/C17H15IN2/c1-2-19-17-11-16(12-6-4-3-5-7-12)20-15-9-8-13(18)10-14(15)17/h3-11H,2H2,1H3,(H,19,20). The van der Waals surface area contributed by atoms with Crippen molar-refractivity contribution in [3.05, 3.63) is 58.2 Å². The zero-order valence-corrected chi connectivity index (χ0v) is 13.4. The molecule has 3 aromatic rings. The highest BCUT2D eigenvalue weighted by Gasteiger charge is 2.07. The number of nitrogens with zero attached hydrogens (tertiary/aromatic N) is 1. The van der Waals surface area contributed by atoms with Gasteiger partial charge in [-0.05, 0) is 53.8 Å². The molecule has 0 saturated carbocycles. The monoisotopic (exact) mass is 374 g/mol. The summed E-state index contributed by atoms with van der Waals surface area (Å²) in [6.07, 6.45) is 0. The molecule has 0 aliphatic rings. The lowest BCUT2D eigenvalue weighted by atomic mass is 10.1. The van der Waals surface area contributed by atoms with E-state index in [9.17, 15) is 0 Å². The first-order valence-corrected chi connectivity index (χ1v) is 7.75. The van der Waals surface area contributed by atoms with Crippen LogP contribution in [0.5, 0.6) is 0 Å². The third-order valence-electron chi connectivity index (χ3n) is 3.21. The number of aromatic nitrogens is 1. The second-order valence-corrected chi connectivity index (χ2v) is 5.86. The first-order valence-electron chi connectivity index (χ1n) is 6.67. The molecule has 0 aliphatic heterocycles. The Morgan fingerprint density at radius 2 is 1.85 bits per heavy atom. The smallest absolute Gasteiger partial charge is 0.0731 e. The Hall–Kier alpha value is -1.62. The van der Waals surface area contributed by atoms with Gasteiger partial charge < -0.3 is 5.32 Å². The van der Waals surface area contributed by atoms with Crippen molar-refractivity contribution in [3.8, 4) is 11.3 Å². The summed E-state index contributed by atoms with van der Waals surface area (Å²) in [5.74, 6) is 0. The van der Waals surface area contributed by atoms with Crippen LogP contribution < -0.4 is 5.32 Å². The number of fused-ring (bicyclic) bond motifs is 1. The largest absolute Gasteiger partial charge is 0.385 e. The van der Waals surface area contributed by atoms with Gasteiger partial charge in [0.05, 0.1) is 11.2 Å². The van der Waals surface area contributed by atoms with Gasteiger partial charge in [0, 0.05) is 26.8 Å². The van der Waals surface area contributed by atoms with Gasteiger partial charge in [-0.25, -0.2) is 4.98 Å². The van der Waals surface area contributed by atoms with Crippen molar-refractivity contribution in [2.45, 2.75) is 6.92 Å². The van der Waals surface area contributed by atoms with Gasteiger partial charge in [-0.3, -0.25) is 0 Å². The maximum Gasteiger partial charge on any atom is 0.0731 e. The molecule has 0 radical (unpaired) electrons. The third kappa shape index (κ3) is 2.63. The molecular formula is C17H15IN2. The molecule has 1 N–H and O–H groups in total. The van der Waals surface area contributed by atoms with Gasteiger partial charge in [-0.1, -0.05) is 30.3 Å². The lowest BCUT2D eigenvalue weighted by Gasteiger charge is -2.11. The Labute approximate surface area is 132 Å². The van der Waals surface area contributed by atoms with Crippen molar-refractivity contribution in [3.63, 3.8) is 0 Å². The minimum absolute atomic E-state index is 0.902. The quantitative estimate of drug-likeness (QED) is 0.657. The van der Waals surface area contributed by atoms with Gasteiger partial charge in [0.15, 0.2) is 0 Å². The molecule has 20 heavy (non-hydrogen) atoms. The Kier molecular flexibility index (Phi) is 3.87. The van der Waals surface area contributed by atoms with Crippen molar-refractivity contribution < 1.29 is 0 Å². The minimum Gasteiger partial charge on any atom is -0.385 e. The second-order valence-electron chi connectivity index (χ2n) is 4.61. The number of hydrogen-bond donors (Lipinski definition) is 1. The van der Waals surface area contributed by atoms with Crippen LogP contribution in [0.2, 0.25) is 0 Å². The molecule has 0 aliphatic carbocycles. The van der Waals surface area contributed by atoms with E-state index in [1.54, 1.807) is 0 Å². The highest BCUT2D eigenvalue weighted by Crippen LogP contribution is 2.29. The number of hydrogen-bond acceptors (Lipinski definition) is 2. The lowest BCUT2D eigenvalue weighted by molar-refractivity contribution is 1.21. The van der Waals surface area contributed by atoms with E-state index < -0.39 is 0 Å². The average Bonchev–Trinajstić information content (AvgIpc) is 2.49. The van der Waals surface area contributed by atoms with Gasteiger partial charge in [-0.15, -0.1) is 0 Å². The zero-order valence-electron chi connectivity index (χ0n) is 11.2. The van der Waals surface area contributed by atoms with Crippen molar-refractivity contribution in [1.29, 1.82) is 0 Å². The normalized spacial score (nSPS) is 10.7. The Morgan fingerprint density at radius 3 is 2.60 bits per heavy atom. The minimum atomic E-state index is 0.902. The molecule has 100 valence electrons. The van der Waals surface area contributed by atoms with E-state index in [0.717, 1.165) is 29.0 Å². The maximum absolute atomic E-state index is 4.79. The predicted molar refractivity (Wildman–Crippen MR) is 94.1 cm³/mol. The summed E-state index contributed by atoms with van der Waals surface area (Å²) in [5.41, 5.74) is 4.33. The van der Waals surface area contributed by atoms with Gasteiger partial charge in [0.1, 0.15) is 0 Å². The zero-order chi connectivity index (χ0) is 13.9. The summed E-state index contributed by atoms with van der Waals surface area (Å²) in [7, 11) is 0. The van der Waals surface area contributed by atoms with Crippen LogP contribution >= 0.6 is 22.6 Å². The number of anilines is 1. The van der Waals surface area contributed by atoms with Crippen LogP contribution in [-0.2, 0) is 0 Å². The SMILES string of the molecule is CCNc1cc(-c2ccccc2)nc2ccc(I)cc12. The van der Waals surface area contributed by atoms with Gasteiger partial charge >= 0.3 is 0 Å². The molecular weight excluding hydrogens is 359 g/mol. The fourth-order valence-corrected chi connectivity index (χ4v) is 2.78. The number of pyridine rings is 1. The van der Waals surface area contributed by atoms with E-state index in [0.29, 0.717) is 0 Å². The molecule has 0 atom stereocenters. The summed E-state index contributed by atoms with van der Waals surface area (Å²) in [6.45, 7) is 3.02. The molecule has 1 aromatic heterocycles. The number of nitrogens with one attached hydrogen (secondary N) is 1. The second kappa shape index (κ2) is 5.79. The molecule has 2 aromatic carbocycles. The fraction of sp³-hybridized carbons (Fsp3) is 0.118. The van der Waals surface area contributed by atoms with Gasteiger partial charge in [0.2, 0.25) is 0 Å². The van der Waals surface area contributed by atoms with Crippen LogP contribution in [-0.4, -0.2) is 11.5 Å². The van der Waals surface area contributed by atoms with E-state index in [2.05, 4.69) is 71.2 Å². The summed E-state index contributed by atoms with van der Waals surface area (Å²) >= 11 is 2.34. The summed E-state index contributed by atoms with van der Waals surface area (Å²) in [4.78, 5) is 4.79. The molecule has 0 fully saturated rings. The summed E-state index contributed by atoms with van der Waals surface area (Å²) in [5, 5.41) is 4.62. The molecule has 3 rings (SSSR count). The highest BCUT2D eigenvalue weighted by atomic mass is 127. The van der Waals surface area contributed by atoms with Crippen molar-refractivity contribution in [2.24, 2.45) is 0 Å². The first-order chi connectivity index (χ1) is 9.78. The van der Waals surface area contributed by atoms with Crippen LogP contribution in [0, 0.1) is 3.57 Å². The molecule has 0 spiro atoms. The molecule has 0 amide bonds. The summed E-state index contributed by atoms with van der Waals surface area (Å²) in [6, 6.07) is 18.8.